The molecule has 0 radical (unpaired) electrons. The minimum Gasteiger partial charge on any atom is -0.481 e. The molecule has 1 aromatic heterocycles. The zero-order valence-electron chi connectivity index (χ0n) is 7.99. The summed E-state index contributed by atoms with van der Waals surface area (Å²) in [5, 5.41) is 9.36. The van der Waals surface area contributed by atoms with E-state index >= 15 is 0 Å². The van der Waals surface area contributed by atoms with E-state index in [4.69, 9.17) is 16.7 Å². The zero-order chi connectivity index (χ0) is 11.0. The first kappa shape index (κ1) is 9.98. The second kappa shape index (κ2) is 3.55. The van der Waals surface area contributed by atoms with Gasteiger partial charge < -0.3 is 10.1 Å². The molecular formula is C10H9ClN2O2. The number of carboxylic acid groups (broad SMARTS) is 1. The monoisotopic (exact) mass is 224 g/mol. The number of hydrogen-bond acceptors (Lipinski definition) is 2. The molecule has 78 valence electrons. The first-order valence-corrected chi connectivity index (χ1v) is 4.84. The lowest BCUT2D eigenvalue weighted by molar-refractivity contribution is -0.138. The molecule has 0 saturated heterocycles. The number of rotatable bonds is 2. The maximum atomic E-state index is 10.8. The Morgan fingerprint density at radius 3 is 2.93 bits per heavy atom. The van der Waals surface area contributed by atoms with E-state index in [0.29, 0.717) is 16.4 Å². The van der Waals surface area contributed by atoms with Gasteiger partial charge in [0.25, 0.3) is 0 Å². The molecule has 0 spiro atoms. The minimum atomic E-state index is -0.912. The molecule has 0 fully saturated rings. The number of nitrogens with one attached hydrogen (secondary N) is 1. The summed E-state index contributed by atoms with van der Waals surface area (Å²) in [6.45, 7) is 1.58. The molecule has 0 aliphatic rings. The molecule has 0 bridgehead atoms. The molecule has 1 atom stereocenters. The van der Waals surface area contributed by atoms with Crippen LogP contribution in [0, 0.1) is 0 Å². The van der Waals surface area contributed by atoms with Gasteiger partial charge in [0.2, 0.25) is 0 Å². The number of halogens is 1. The van der Waals surface area contributed by atoms with Gasteiger partial charge in [0.05, 0.1) is 10.5 Å². The summed E-state index contributed by atoms with van der Waals surface area (Å²) in [5.74, 6) is -1.15. The maximum Gasteiger partial charge on any atom is 0.313 e. The SMILES string of the molecule is CC(C(=O)O)c1nc2c(Cl)cccc2[nH]1. The average molecular weight is 225 g/mol. The second-order valence-electron chi connectivity index (χ2n) is 3.32. The predicted octanol–water partition coefficient (Wildman–Crippen LogP) is 2.40. The molecule has 2 rings (SSSR count). The van der Waals surface area contributed by atoms with Crippen molar-refractivity contribution in [3.8, 4) is 0 Å². The van der Waals surface area contributed by atoms with Crippen LogP contribution in [0.4, 0.5) is 0 Å². The number of carbonyl (C=O) groups is 1. The fourth-order valence-electron chi connectivity index (χ4n) is 1.34. The Kier molecular flexibility index (Phi) is 2.36. The number of nitrogens with zero attached hydrogens (tertiary/aromatic N) is 1. The Balaban J connectivity index is 2.56. The largest absolute Gasteiger partial charge is 0.481 e. The number of para-hydroxylation sites is 1. The Morgan fingerprint density at radius 2 is 2.33 bits per heavy atom. The number of imidazole rings is 1. The van der Waals surface area contributed by atoms with Crippen LogP contribution in [0.3, 0.4) is 0 Å². The lowest BCUT2D eigenvalue weighted by atomic mass is 10.2. The second-order valence-corrected chi connectivity index (χ2v) is 3.73. The molecule has 1 aromatic carbocycles. The number of benzene rings is 1. The summed E-state index contributed by atoms with van der Waals surface area (Å²) in [6, 6.07) is 5.32. The van der Waals surface area contributed by atoms with Gasteiger partial charge in [-0.1, -0.05) is 17.7 Å². The molecule has 5 heteroatoms. The highest BCUT2D eigenvalue weighted by molar-refractivity contribution is 6.34. The van der Waals surface area contributed by atoms with Crippen molar-refractivity contribution in [2.24, 2.45) is 0 Å². The van der Waals surface area contributed by atoms with Gasteiger partial charge in [-0.25, -0.2) is 4.98 Å². The van der Waals surface area contributed by atoms with E-state index in [1.165, 1.54) is 0 Å². The standard InChI is InChI=1S/C10H9ClN2O2/c1-5(10(14)15)9-12-7-4-2-3-6(11)8(7)13-9/h2-5H,1H3,(H,12,13)(H,14,15). The Hall–Kier alpha value is -1.55. The van der Waals surface area contributed by atoms with E-state index in [2.05, 4.69) is 9.97 Å². The Labute approximate surface area is 90.9 Å². The van der Waals surface area contributed by atoms with Gasteiger partial charge in [0, 0.05) is 0 Å². The number of aromatic nitrogens is 2. The van der Waals surface area contributed by atoms with Gasteiger partial charge in [-0.15, -0.1) is 0 Å². The lowest BCUT2D eigenvalue weighted by Crippen LogP contribution is -2.08. The van der Waals surface area contributed by atoms with Crippen molar-refractivity contribution in [1.29, 1.82) is 0 Å². The van der Waals surface area contributed by atoms with Crippen LogP contribution >= 0.6 is 11.6 Å². The van der Waals surface area contributed by atoms with E-state index in [1.807, 2.05) is 6.07 Å². The van der Waals surface area contributed by atoms with Gasteiger partial charge in [-0.2, -0.15) is 0 Å². The van der Waals surface area contributed by atoms with E-state index in [9.17, 15) is 4.79 Å². The molecule has 0 aliphatic carbocycles. The van der Waals surface area contributed by atoms with Crippen LogP contribution in [0.15, 0.2) is 18.2 Å². The molecule has 0 saturated carbocycles. The third kappa shape index (κ3) is 1.68. The summed E-state index contributed by atoms with van der Waals surface area (Å²) in [4.78, 5) is 17.9. The normalized spacial score (nSPS) is 12.9. The highest BCUT2D eigenvalue weighted by Crippen LogP contribution is 2.23. The zero-order valence-corrected chi connectivity index (χ0v) is 8.75. The molecule has 2 aromatic rings. The van der Waals surface area contributed by atoms with Gasteiger partial charge >= 0.3 is 5.97 Å². The maximum absolute atomic E-state index is 10.8. The van der Waals surface area contributed by atoms with Crippen molar-refractivity contribution in [1.82, 2.24) is 9.97 Å². The highest BCUT2D eigenvalue weighted by Gasteiger charge is 2.18. The van der Waals surface area contributed by atoms with Crippen LogP contribution in [0.5, 0.6) is 0 Å². The van der Waals surface area contributed by atoms with Gasteiger partial charge in [0.1, 0.15) is 17.3 Å². The van der Waals surface area contributed by atoms with Gasteiger partial charge in [-0.3, -0.25) is 4.79 Å². The summed E-state index contributed by atoms with van der Waals surface area (Å²) in [6.07, 6.45) is 0. The quantitative estimate of drug-likeness (QED) is 0.823. The average Bonchev–Trinajstić information content (AvgIpc) is 2.61. The number of aromatic amines is 1. The number of aliphatic carboxylic acids is 1. The molecule has 15 heavy (non-hydrogen) atoms. The van der Waals surface area contributed by atoms with Crippen LogP contribution < -0.4 is 0 Å². The topological polar surface area (TPSA) is 66.0 Å². The predicted molar refractivity (Wildman–Crippen MR) is 57.2 cm³/mol. The van der Waals surface area contributed by atoms with Gasteiger partial charge in [0.15, 0.2) is 0 Å². The molecule has 2 N–H and O–H groups in total. The van der Waals surface area contributed by atoms with E-state index in [1.54, 1.807) is 19.1 Å². The number of fused-ring (bicyclic) bond motifs is 1. The fraction of sp³-hybridized carbons (Fsp3) is 0.200. The summed E-state index contributed by atoms with van der Waals surface area (Å²) >= 11 is 5.92. The van der Waals surface area contributed by atoms with Crippen molar-refractivity contribution >= 4 is 28.6 Å². The number of carboxylic acids is 1. The molecule has 0 amide bonds. The third-order valence-corrected chi connectivity index (χ3v) is 2.57. The summed E-state index contributed by atoms with van der Waals surface area (Å²) in [7, 11) is 0. The molecule has 1 unspecified atom stereocenters. The smallest absolute Gasteiger partial charge is 0.313 e. The van der Waals surface area contributed by atoms with E-state index in [0.717, 1.165) is 5.52 Å². The summed E-state index contributed by atoms with van der Waals surface area (Å²) < 4.78 is 0. The fourth-order valence-corrected chi connectivity index (χ4v) is 1.56. The van der Waals surface area contributed by atoms with Crippen LogP contribution in [0.1, 0.15) is 18.7 Å². The van der Waals surface area contributed by atoms with Crippen LogP contribution in [-0.2, 0) is 4.79 Å². The van der Waals surface area contributed by atoms with E-state index < -0.39 is 11.9 Å². The van der Waals surface area contributed by atoms with Crippen molar-refractivity contribution in [2.75, 3.05) is 0 Å². The van der Waals surface area contributed by atoms with E-state index in [-0.39, 0.29) is 0 Å². The third-order valence-electron chi connectivity index (χ3n) is 2.26. The number of hydrogen-bond donors (Lipinski definition) is 2. The van der Waals surface area contributed by atoms with Crippen LogP contribution in [-0.4, -0.2) is 21.0 Å². The van der Waals surface area contributed by atoms with Crippen molar-refractivity contribution in [2.45, 2.75) is 12.8 Å². The minimum absolute atomic E-state index is 0.422. The Morgan fingerprint density at radius 1 is 1.60 bits per heavy atom. The molecule has 1 heterocycles. The van der Waals surface area contributed by atoms with Crippen molar-refractivity contribution in [3.63, 3.8) is 0 Å². The van der Waals surface area contributed by atoms with Gasteiger partial charge in [-0.05, 0) is 19.1 Å². The molecule has 4 nitrogen and oxygen atoms in total. The van der Waals surface area contributed by atoms with Crippen LogP contribution in [0.2, 0.25) is 5.02 Å². The number of H-pyrrole nitrogens is 1. The lowest BCUT2D eigenvalue weighted by Gasteiger charge is -1.99. The van der Waals surface area contributed by atoms with Crippen molar-refractivity contribution in [3.05, 3.63) is 29.0 Å². The van der Waals surface area contributed by atoms with Crippen LogP contribution in [0.25, 0.3) is 11.0 Å². The summed E-state index contributed by atoms with van der Waals surface area (Å²) in [5.41, 5.74) is 1.37. The highest BCUT2D eigenvalue weighted by atomic mass is 35.5. The van der Waals surface area contributed by atoms with Crippen molar-refractivity contribution < 1.29 is 9.90 Å². The first-order chi connectivity index (χ1) is 7.09. The first-order valence-electron chi connectivity index (χ1n) is 4.46. The molecular weight excluding hydrogens is 216 g/mol. The Bertz CT molecular complexity index is 521. The molecule has 0 aliphatic heterocycles.